The van der Waals surface area contributed by atoms with Gasteiger partial charge in [-0.3, -0.25) is 5.32 Å². The van der Waals surface area contributed by atoms with Crippen LogP contribution in [0.25, 0.3) is 16.6 Å². The molecule has 10 heteroatoms. The van der Waals surface area contributed by atoms with Crippen molar-refractivity contribution in [2.24, 2.45) is 5.92 Å². The van der Waals surface area contributed by atoms with Crippen LogP contribution >= 0.6 is 0 Å². The summed E-state index contributed by atoms with van der Waals surface area (Å²) in [7, 11) is 1.57. The van der Waals surface area contributed by atoms with Crippen molar-refractivity contribution >= 4 is 28.9 Å². The number of carbonyl (C=O) groups excluding carboxylic acids is 1. The van der Waals surface area contributed by atoms with Gasteiger partial charge in [-0.05, 0) is 69.8 Å². The van der Waals surface area contributed by atoms with Crippen molar-refractivity contribution in [1.82, 2.24) is 19.9 Å². The molecule has 3 aromatic rings. The van der Waals surface area contributed by atoms with Crippen LogP contribution in [0.1, 0.15) is 33.6 Å². The van der Waals surface area contributed by atoms with E-state index < -0.39 is 11.7 Å². The van der Waals surface area contributed by atoms with E-state index in [0.29, 0.717) is 29.2 Å². The van der Waals surface area contributed by atoms with Gasteiger partial charge in [0.2, 0.25) is 0 Å². The molecular formula is C25H33N7O3. The van der Waals surface area contributed by atoms with Crippen LogP contribution in [-0.2, 0) is 4.74 Å². The van der Waals surface area contributed by atoms with Crippen LogP contribution in [0, 0.1) is 5.92 Å². The number of aromatic nitrogens is 3. The van der Waals surface area contributed by atoms with Crippen LogP contribution < -0.4 is 26.0 Å². The molecule has 2 aliphatic heterocycles. The van der Waals surface area contributed by atoms with Gasteiger partial charge in [-0.15, -0.1) is 0 Å². The fourth-order valence-corrected chi connectivity index (χ4v) is 5.13. The molecule has 1 aromatic carbocycles. The number of nitrogens with one attached hydrogen (secondary N) is 2. The van der Waals surface area contributed by atoms with E-state index in [1.807, 2.05) is 37.4 Å². The van der Waals surface area contributed by atoms with Gasteiger partial charge in [-0.25, -0.2) is 14.3 Å². The lowest BCUT2D eigenvalue weighted by Gasteiger charge is -2.35. The predicted octanol–water partition coefficient (Wildman–Crippen LogP) is 3.52. The second-order valence-electron chi connectivity index (χ2n) is 10.2. The minimum atomic E-state index is -0.598. The van der Waals surface area contributed by atoms with Crippen LogP contribution in [0.4, 0.5) is 22.1 Å². The Labute approximate surface area is 204 Å². The van der Waals surface area contributed by atoms with E-state index in [0.717, 1.165) is 48.5 Å². The number of benzene rings is 1. The second kappa shape index (κ2) is 8.92. The van der Waals surface area contributed by atoms with E-state index in [2.05, 4.69) is 31.7 Å². The van der Waals surface area contributed by atoms with Gasteiger partial charge < -0.3 is 25.4 Å². The summed E-state index contributed by atoms with van der Waals surface area (Å²) in [6.45, 7) is 8.48. The van der Waals surface area contributed by atoms with Crippen molar-refractivity contribution in [2.75, 3.05) is 42.7 Å². The molecule has 0 saturated carbocycles. The summed E-state index contributed by atoms with van der Waals surface area (Å²) < 4.78 is 12.9. The number of anilines is 3. The van der Waals surface area contributed by atoms with Crippen LogP contribution in [-0.4, -0.2) is 59.1 Å². The largest absolute Gasteiger partial charge is 0.495 e. The van der Waals surface area contributed by atoms with Crippen LogP contribution in [0.15, 0.2) is 30.6 Å². The number of carbonyl (C=O) groups is 1. The van der Waals surface area contributed by atoms with E-state index in [9.17, 15) is 4.79 Å². The Hall–Kier alpha value is -3.53. The maximum atomic E-state index is 12.3. The zero-order valence-corrected chi connectivity index (χ0v) is 20.7. The van der Waals surface area contributed by atoms with Gasteiger partial charge in [0.25, 0.3) is 0 Å². The van der Waals surface area contributed by atoms with Gasteiger partial charge in [0.1, 0.15) is 29.0 Å². The molecule has 0 radical (unpaired) electrons. The normalized spacial score (nSPS) is 20.1. The summed E-state index contributed by atoms with van der Waals surface area (Å²) in [5, 5.41) is 10.9. The Morgan fingerprint density at radius 3 is 2.86 bits per heavy atom. The monoisotopic (exact) mass is 479 g/mol. The Morgan fingerprint density at radius 1 is 1.26 bits per heavy atom. The Kier molecular flexibility index (Phi) is 5.92. The topological polar surface area (TPSA) is 119 Å². The lowest BCUT2D eigenvalue weighted by Crippen LogP contribution is -2.44. The first-order valence-electron chi connectivity index (χ1n) is 12.0. The fourth-order valence-electron chi connectivity index (χ4n) is 5.13. The summed E-state index contributed by atoms with van der Waals surface area (Å²) in [5.74, 6) is 2.57. The molecule has 4 heterocycles. The van der Waals surface area contributed by atoms with Gasteiger partial charge >= 0.3 is 6.09 Å². The number of hydrogen-bond donors (Lipinski definition) is 3. The molecule has 2 fully saturated rings. The number of nitrogens with two attached hydrogens (primary N) is 1. The van der Waals surface area contributed by atoms with Crippen molar-refractivity contribution in [3.63, 3.8) is 0 Å². The van der Waals surface area contributed by atoms with Crippen molar-refractivity contribution in [1.29, 1.82) is 0 Å². The molecule has 1 amide bonds. The molecule has 2 aromatic heterocycles. The molecule has 2 aliphatic rings. The maximum Gasteiger partial charge on any atom is 0.412 e. The SMILES string of the molecule is COc1cc(-c2cc(N3CCC4NCCC4C3)n3ncnc(N)c23)ccc1NC(=O)OC(C)(C)C. The molecule has 2 saturated heterocycles. The summed E-state index contributed by atoms with van der Waals surface area (Å²) in [6, 6.07) is 8.33. The Balaban J connectivity index is 1.50. The highest BCUT2D eigenvalue weighted by Crippen LogP contribution is 2.39. The highest BCUT2D eigenvalue weighted by molar-refractivity contribution is 5.93. The number of rotatable bonds is 4. The third-order valence-electron chi connectivity index (χ3n) is 6.69. The Bertz CT molecular complexity index is 1250. The van der Waals surface area contributed by atoms with Gasteiger partial charge in [-0.2, -0.15) is 5.10 Å². The van der Waals surface area contributed by atoms with Crippen molar-refractivity contribution < 1.29 is 14.3 Å². The van der Waals surface area contributed by atoms with Crippen molar-refractivity contribution in [3.05, 3.63) is 30.6 Å². The zero-order valence-electron chi connectivity index (χ0n) is 20.7. The standard InChI is InChI=1S/C25H33N7O3/c1-25(2,3)35-24(33)30-19-6-5-15(11-20(19)34-4)17-12-21(32-22(17)23(26)28-14-29-32)31-10-8-18-16(13-31)7-9-27-18/h5-6,11-12,14,16,18,27H,7-10,13H2,1-4H3,(H,30,33)(H2,26,28,29). The van der Waals surface area contributed by atoms with E-state index in [-0.39, 0.29) is 0 Å². The van der Waals surface area contributed by atoms with E-state index in [4.69, 9.17) is 15.2 Å². The third kappa shape index (κ3) is 4.58. The molecule has 2 atom stereocenters. The number of methoxy groups -OCH3 is 1. The minimum absolute atomic E-state index is 0.411. The third-order valence-corrected chi connectivity index (χ3v) is 6.69. The number of hydrogen-bond acceptors (Lipinski definition) is 8. The number of nitrogens with zero attached hydrogens (tertiary/aromatic N) is 4. The first kappa shape index (κ1) is 23.2. The predicted molar refractivity (Wildman–Crippen MR) is 136 cm³/mol. The van der Waals surface area contributed by atoms with Crippen LogP contribution in [0.5, 0.6) is 5.75 Å². The summed E-state index contributed by atoms with van der Waals surface area (Å²) in [6.07, 6.45) is 3.25. The minimum Gasteiger partial charge on any atom is -0.495 e. The molecule has 5 rings (SSSR count). The lowest BCUT2D eigenvalue weighted by molar-refractivity contribution is 0.0635. The zero-order chi connectivity index (χ0) is 24.7. The first-order chi connectivity index (χ1) is 16.7. The summed E-state index contributed by atoms with van der Waals surface area (Å²) in [5.41, 5.74) is 8.82. The van der Waals surface area contributed by atoms with E-state index in [1.165, 1.54) is 12.7 Å². The average molecular weight is 480 g/mol. The number of piperidine rings is 1. The number of nitrogen functional groups attached to an aromatic ring is 1. The lowest BCUT2D eigenvalue weighted by atomic mass is 9.93. The van der Waals surface area contributed by atoms with Crippen LogP contribution in [0.3, 0.4) is 0 Å². The summed E-state index contributed by atoms with van der Waals surface area (Å²) >= 11 is 0. The van der Waals surface area contributed by atoms with Gasteiger partial charge in [-0.1, -0.05) is 6.07 Å². The quantitative estimate of drug-likeness (QED) is 0.520. The molecule has 35 heavy (non-hydrogen) atoms. The number of amides is 1. The van der Waals surface area contributed by atoms with E-state index >= 15 is 0 Å². The molecule has 4 N–H and O–H groups in total. The second-order valence-corrected chi connectivity index (χ2v) is 10.2. The van der Waals surface area contributed by atoms with Gasteiger partial charge in [0.15, 0.2) is 5.82 Å². The van der Waals surface area contributed by atoms with Crippen molar-refractivity contribution in [3.8, 4) is 16.9 Å². The Morgan fingerprint density at radius 2 is 2.09 bits per heavy atom. The molecule has 0 bridgehead atoms. The highest BCUT2D eigenvalue weighted by Gasteiger charge is 2.34. The molecule has 0 aliphatic carbocycles. The first-order valence-corrected chi connectivity index (χ1v) is 12.0. The highest BCUT2D eigenvalue weighted by atomic mass is 16.6. The van der Waals surface area contributed by atoms with Crippen molar-refractivity contribution in [2.45, 2.75) is 45.3 Å². The molecule has 186 valence electrons. The van der Waals surface area contributed by atoms with Gasteiger partial charge in [0.05, 0.1) is 12.8 Å². The number of ether oxygens (including phenoxy) is 2. The molecular weight excluding hydrogens is 446 g/mol. The van der Waals surface area contributed by atoms with Crippen LogP contribution in [0.2, 0.25) is 0 Å². The smallest absolute Gasteiger partial charge is 0.412 e. The molecule has 10 nitrogen and oxygen atoms in total. The molecule has 2 unspecified atom stereocenters. The average Bonchev–Trinajstić information content (AvgIpc) is 3.43. The fraction of sp³-hybridized carbons (Fsp3) is 0.480. The maximum absolute atomic E-state index is 12.3. The molecule has 0 spiro atoms. The van der Waals surface area contributed by atoms with Gasteiger partial charge in [0, 0.05) is 24.7 Å². The number of fused-ring (bicyclic) bond motifs is 2. The van der Waals surface area contributed by atoms with E-state index in [1.54, 1.807) is 13.2 Å². The summed E-state index contributed by atoms with van der Waals surface area (Å²) in [4.78, 5) is 18.9.